The largest absolute Gasteiger partial charge is 0.416 e. The second-order valence-corrected chi connectivity index (χ2v) is 9.52. The number of nitrogens with zero attached hydrogens (tertiary/aromatic N) is 1. The quantitative estimate of drug-likeness (QED) is 0.448. The molecule has 3 rings (SSSR count). The zero-order valence-corrected chi connectivity index (χ0v) is 19.2. The number of halogens is 3. The number of benzene rings is 2. The van der Waals surface area contributed by atoms with E-state index in [4.69, 9.17) is 5.73 Å². The molecule has 0 saturated heterocycles. The second-order valence-electron chi connectivity index (χ2n) is 7.84. The summed E-state index contributed by atoms with van der Waals surface area (Å²) in [6.07, 6.45) is -2.72. The van der Waals surface area contributed by atoms with Crippen molar-refractivity contribution in [2.24, 2.45) is 5.73 Å². The van der Waals surface area contributed by atoms with Gasteiger partial charge < -0.3 is 5.73 Å². The summed E-state index contributed by atoms with van der Waals surface area (Å²) in [5, 5.41) is 0.572. The summed E-state index contributed by atoms with van der Waals surface area (Å²) in [6, 6.07) is 9.71. The third-order valence-electron chi connectivity index (χ3n) is 5.17. The molecule has 0 saturated carbocycles. The molecule has 1 heterocycles. The molecule has 2 aromatic carbocycles. The third kappa shape index (κ3) is 5.77. The topological polar surface area (TPSA) is 111 Å². The number of aromatic nitrogens is 1. The number of hydrogen-bond acceptors (Lipinski definition) is 4. The zero-order chi connectivity index (χ0) is 25.1. The Bertz CT molecular complexity index is 1330. The van der Waals surface area contributed by atoms with Gasteiger partial charge in [-0.05, 0) is 61.7 Å². The molecule has 0 atom stereocenters. The van der Waals surface area contributed by atoms with Gasteiger partial charge in [-0.25, -0.2) is 8.42 Å². The highest BCUT2D eigenvalue weighted by Crippen LogP contribution is 2.31. The van der Waals surface area contributed by atoms with Crippen LogP contribution in [0.4, 0.5) is 18.9 Å². The molecule has 0 unspecified atom stereocenters. The van der Waals surface area contributed by atoms with Crippen molar-refractivity contribution in [1.29, 1.82) is 0 Å². The minimum absolute atomic E-state index is 0.133. The molecular weight excluding hydrogens is 471 g/mol. The van der Waals surface area contributed by atoms with Gasteiger partial charge in [-0.2, -0.15) is 13.2 Å². The van der Waals surface area contributed by atoms with E-state index >= 15 is 0 Å². The third-order valence-corrected chi connectivity index (χ3v) is 6.55. The highest BCUT2D eigenvalue weighted by atomic mass is 32.2. The number of amides is 1. The number of carbonyl (C=O) groups is 2. The van der Waals surface area contributed by atoms with Gasteiger partial charge in [-0.1, -0.05) is 13.0 Å². The first kappa shape index (κ1) is 25.3. The lowest BCUT2D eigenvalue weighted by atomic mass is 10.1. The Balaban J connectivity index is 1.95. The number of anilines is 1. The summed E-state index contributed by atoms with van der Waals surface area (Å²) in [4.78, 5) is 23.3. The number of hydrogen-bond donors (Lipinski definition) is 2. The van der Waals surface area contributed by atoms with Crippen molar-refractivity contribution in [2.45, 2.75) is 50.1 Å². The summed E-state index contributed by atoms with van der Waals surface area (Å²) in [6.45, 7) is 1.87. The van der Waals surface area contributed by atoms with Gasteiger partial charge in [0.15, 0.2) is 0 Å². The number of nitrogens with one attached hydrogen (secondary N) is 1. The number of rotatable bonds is 9. The van der Waals surface area contributed by atoms with Crippen LogP contribution in [0, 0.1) is 0 Å². The molecule has 0 aliphatic rings. The van der Waals surface area contributed by atoms with Gasteiger partial charge in [0.1, 0.15) is 0 Å². The Labute approximate surface area is 194 Å². The molecule has 182 valence electrons. The molecule has 11 heteroatoms. The molecule has 34 heavy (non-hydrogen) atoms. The van der Waals surface area contributed by atoms with Gasteiger partial charge >= 0.3 is 6.18 Å². The summed E-state index contributed by atoms with van der Waals surface area (Å²) in [7, 11) is -4.29. The van der Waals surface area contributed by atoms with E-state index in [0.717, 1.165) is 18.2 Å². The fourth-order valence-corrected chi connectivity index (χ4v) is 4.73. The summed E-state index contributed by atoms with van der Waals surface area (Å²) < 4.78 is 68.2. The number of nitrogens with two attached hydrogens (primary N) is 1. The molecular formula is C23H24F3N3O4S. The van der Waals surface area contributed by atoms with Gasteiger partial charge in [0.05, 0.1) is 16.0 Å². The van der Waals surface area contributed by atoms with E-state index in [0.29, 0.717) is 48.3 Å². The van der Waals surface area contributed by atoms with Crippen molar-refractivity contribution in [3.63, 3.8) is 0 Å². The van der Waals surface area contributed by atoms with Crippen molar-refractivity contribution in [2.75, 3.05) is 4.72 Å². The van der Waals surface area contributed by atoms with Crippen LogP contribution in [0.1, 0.15) is 48.7 Å². The average Bonchev–Trinajstić information content (AvgIpc) is 3.10. The smallest absolute Gasteiger partial charge is 0.370 e. The molecule has 1 amide bonds. The van der Waals surface area contributed by atoms with Gasteiger partial charge in [-0.3, -0.25) is 18.9 Å². The van der Waals surface area contributed by atoms with Crippen LogP contribution in [0.2, 0.25) is 0 Å². The Kier molecular flexibility index (Phi) is 7.35. The normalized spacial score (nSPS) is 12.1. The van der Waals surface area contributed by atoms with Gasteiger partial charge in [0.2, 0.25) is 11.8 Å². The summed E-state index contributed by atoms with van der Waals surface area (Å²) in [5.41, 5.74) is 5.48. The molecule has 7 nitrogen and oxygen atoms in total. The fourth-order valence-electron chi connectivity index (χ4n) is 3.64. The van der Waals surface area contributed by atoms with Gasteiger partial charge in [0, 0.05) is 29.6 Å². The number of sulfonamides is 1. The van der Waals surface area contributed by atoms with E-state index in [1.165, 1.54) is 12.1 Å². The predicted octanol–water partition coefficient (Wildman–Crippen LogP) is 4.71. The maximum atomic E-state index is 13.0. The monoisotopic (exact) mass is 495 g/mol. The van der Waals surface area contributed by atoms with Crippen molar-refractivity contribution in [3.8, 4) is 0 Å². The van der Waals surface area contributed by atoms with Crippen molar-refractivity contribution in [3.05, 3.63) is 59.8 Å². The fraction of sp³-hybridized carbons (Fsp3) is 0.304. The molecule has 0 aliphatic heterocycles. The molecule has 3 N–H and O–H groups in total. The highest BCUT2D eigenvalue weighted by molar-refractivity contribution is 7.92. The Hall–Kier alpha value is -3.34. The molecule has 3 aromatic rings. The van der Waals surface area contributed by atoms with Gasteiger partial charge in [-0.15, -0.1) is 0 Å². The second kappa shape index (κ2) is 9.88. The number of carbonyl (C=O) groups excluding carboxylic acids is 2. The van der Waals surface area contributed by atoms with Crippen molar-refractivity contribution >= 4 is 38.4 Å². The Morgan fingerprint density at radius 1 is 1.06 bits per heavy atom. The minimum Gasteiger partial charge on any atom is -0.370 e. The Morgan fingerprint density at radius 2 is 1.79 bits per heavy atom. The van der Waals surface area contributed by atoms with Crippen LogP contribution in [0.15, 0.2) is 53.4 Å². The van der Waals surface area contributed by atoms with E-state index < -0.39 is 32.6 Å². The van der Waals surface area contributed by atoms with Gasteiger partial charge in [0.25, 0.3) is 10.0 Å². The van der Waals surface area contributed by atoms with E-state index in [9.17, 15) is 31.2 Å². The van der Waals surface area contributed by atoms with E-state index in [-0.39, 0.29) is 18.0 Å². The molecule has 0 bridgehead atoms. The number of aryl methyl sites for hydroxylation is 1. The predicted molar refractivity (Wildman–Crippen MR) is 122 cm³/mol. The lowest BCUT2D eigenvalue weighted by molar-refractivity contribution is -0.137. The Morgan fingerprint density at radius 3 is 2.44 bits per heavy atom. The summed E-state index contributed by atoms with van der Waals surface area (Å²) >= 11 is 0. The van der Waals surface area contributed by atoms with Crippen LogP contribution < -0.4 is 10.5 Å². The maximum absolute atomic E-state index is 13.0. The van der Waals surface area contributed by atoms with Crippen molar-refractivity contribution in [1.82, 2.24) is 4.57 Å². The van der Waals surface area contributed by atoms with Crippen LogP contribution in [0.5, 0.6) is 0 Å². The summed E-state index contributed by atoms with van der Waals surface area (Å²) in [5.74, 6) is -0.585. The molecule has 0 spiro atoms. The van der Waals surface area contributed by atoms with E-state index in [2.05, 4.69) is 4.72 Å². The van der Waals surface area contributed by atoms with Crippen LogP contribution >= 0.6 is 0 Å². The first-order valence-electron chi connectivity index (χ1n) is 10.6. The number of alkyl halides is 3. The first-order chi connectivity index (χ1) is 15.9. The SMILES string of the molecule is CCCC(=O)n1c(CCCC(N)=O)cc2cc(NS(=O)(=O)c3cccc(C(F)(F)F)c3)ccc21. The highest BCUT2D eigenvalue weighted by Gasteiger charge is 2.31. The van der Waals surface area contributed by atoms with Crippen LogP contribution in [-0.4, -0.2) is 24.8 Å². The molecule has 1 aromatic heterocycles. The zero-order valence-electron chi connectivity index (χ0n) is 18.4. The number of fused-ring (bicyclic) bond motifs is 1. The van der Waals surface area contributed by atoms with Crippen LogP contribution in [0.3, 0.4) is 0 Å². The first-order valence-corrected chi connectivity index (χ1v) is 12.1. The van der Waals surface area contributed by atoms with Crippen LogP contribution in [-0.2, 0) is 27.4 Å². The molecule has 0 radical (unpaired) electrons. The molecule has 0 aliphatic carbocycles. The average molecular weight is 496 g/mol. The molecule has 0 fully saturated rings. The van der Waals surface area contributed by atoms with E-state index in [1.54, 1.807) is 16.7 Å². The number of primary amides is 1. The minimum atomic E-state index is -4.68. The maximum Gasteiger partial charge on any atom is 0.416 e. The van der Waals surface area contributed by atoms with E-state index in [1.807, 2.05) is 6.92 Å². The lowest BCUT2D eigenvalue weighted by Gasteiger charge is -2.12. The van der Waals surface area contributed by atoms with Crippen molar-refractivity contribution < 1.29 is 31.2 Å². The standard InChI is InChI=1S/C23H24F3N3O4S/c1-2-5-22(31)29-18(7-4-9-21(27)30)13-15-12-17(10-11-20(15)29)28-34(32,33)19-8-3-6-16(14-19)23(24,25)26/h3,6,8,10-14,28H,2,4-5,7,9H2,1H3,(H2,27,30). The van der Waals surface area contributed by atoms with Crippen LogP contribution in [0.25, 0.3) is 10.9 Å². The lowest BCUT2D eigenvalue weighted by Crippen LogP contribution is -2.15.